The molecule has 0 spiro atoms. The Bertz CT molecular complexity index is 198. The molecule has 0 aromatic rings. The molecule has 0 radical (unpaired) electrons. The van der Waals surface area contributed by atoms with Crippen molar-refractivity contribution in [2.45, 2.75) is 57.2 Å². The molecular weight excluding hydrogens is 188 g/mol. The van der Waals surface area contributed by atoms with Crippen LogP contribution in [0.25, 0.3) is 0 Å². The van der Waals surface area contributed by atoms with Gasteiger partial charge in [-0.15, -0.1) is 0 Å². The molecule has 2 saturated heterocycles. The Morgan fingerprint density at radius 1 is 1.40 bits per heavy atom. The minimum Gasteiger partial charge on any atom is -0.396 e. The van der Waals surface area contributed by atoms with E-state index >= 15 is 0 Å². The van der Waals surface area contributed by atoms with Gasteiger partial charge in [0.25, 0.3) is 0 Å². The first-order chi connectivity index (χ1) is 7.35. The highest BCUT2D eigenvalue weighted by Gasteiger charge is 2.37. The van der Waals surface area contributed by atoms with Crippen molar-refractivity contribution in [3.8, 4) is 0 Å². The molecule has 0 amide bonds. The summed E-state index contributed by atoms with van der Waals surface area (Å²) in [6, 6.07) is 1.99. The Balaban J connectivity index is 1.83. The van der Waals surface area contributed by atoms with E-state index in [0.29, 0.717) is 18.7 Å². The molecule has 88 valence electrons. The Morgan fingerprint density at radius 2 is 2.27 bits per heavy atom. The van der Waals surface area contributed by atoms with Crippen molar-refractivity contribution < 1.29 is 5.11 Å². The molecule has 3 atom stereocenters. The predicted molar refractivity (Wildman–Crippen MR) is 61.9 cm³/mol. The summed E-state index contributed by atoms with van der Waals surface area (Å²) >= 11 is 0. The molecule has 2 heterocycles. The van der Waals surface area contributed by atoms with E-state index < -0.39 is 0 Å². The Labute approximate surface area is 92.8 Å². The fourth-order valence-corrected chi connectivity index (χ4v) is 3.14. The van der Waals surface area contributed by atoms with Gasteiger partial charge in [-0.3, -0.25) is 4.90 Å². The summed E-state index contributed by atoms with van der Waals surface area (Å²) < 4.78 is 0. The highest BCUT2D eigenvalue weighted by atomic mass is 16.3. The second-order valence-electron chi connectivity index (χ2n) is 4.92. The third-order valence-electron chi connectivity index (χ3n) is 4.03. The maximum absolute atomic E-state index is 8.98. The molecule has 2 aliphatic rings. The summed E-state index contributed by atoms with van der Waals surface area (Å²) in [6.07, 6.45) is 6.07. The van der Waals surface area contributed by atoms with Crippen LogP contribution in [0.4, 0.5) is 0 Å². The summed E-state index contributed by atoms with van der Waals surface area (Å²) in [5.41, 5.74) is 0. The number of aliphatic hydroxyl groups excluding tert-OH is 1. The number of rotatable bonds is 5. The molecule has 2 N–H and O–H groups in total. The molecular formula is C12H24N2O. The largest absolute Gasteiger partial charge is 0.396 e. The molecule has 3 unspecified atom stereocenters. The third-order valence-corrected chi connectivity index (χ3v) is 4.03. The molecule has 3 nitrogen and oxygen atoms in total. The zero-order valence-corrected chi connectivity index (χ0v) is 9.78. The van der Waals surface area contributed by atoms with Gasteiger partial charge in [0.2, 0.25) is 0 Å². The van der Waals surface area contributed by atoms with Crippen molar-refractivity contribution in [3.63, 3.8) is 0 Å². The van der Waals surface area contributed by atoms with E-state index in [2.05, 4.69) is 17.1 Å². The van der Waals surface area contributed by atoms with Crippen LogP contribution in [0.2, 0.25) is 0 Å². The summed E-state index contributed by atoms with van der Waals surface area (Å²) in [6.45, 7) is 5.10. The molecule has 0 saturated carbocycles. The minimum atomic E-state index is 0.312. The zero-order valence-electron chi connectivity index (χ0n) is 9.78. The summed E-state index contributed by atoms with van der Waals surface area (Å²) in [7, 11) is 0. The van der Waals surface area contributed by atoms with Gasteiger partial charge in [0.1, 0.15) is 0 Å². The van der Waals surface area contributed by atoms with Gasteiger partial charge in [-0.05, 0) is 38.6 Å². The van der Waals surface area contributed by atoms with E-state index in [1.165, 1.54) is 32.4 Å². The lowest BCUT2D eigenvalue weighted by Crippen LogP contribution is -2.44. The van der Waals surface area contributed by atoms with E-state index in [0.717, 1.165) is 18.9 Å². The first-order valence-corrected chi connectivity index (χ1v) is 6.46. The van der Waals surface area contributed by atoms with Crippen LogP contribution in [0.1, 0.15) is 39.0 Å². The Kier molecular flexibility index (Phi) is 4.00. The smallest absolute Gasteiger partial charge is 0.0445 e. The standard InChI is InChI=1S/C12H24N2O/c1-2-10(6-9-15)13-11-5-8-14-7-3-4-12(11)14/h10-13,15H,2-9H2,1H3. The van der Waals surface area contributed by atoms with Gasteiger partial charge in [0.05, 0.1) is 0 Å². The molecule has 2 rings (SSSR count). The number of hydrogen-bond acceptors (Lipinski definition) is 3. The Hall–Kier alpha value is -0.120. The highest BCUT2D eigenvalue weighted by molar-refractivity contribution is 4.96. The molecule has 3 heteroatoms. The first-order valence-electron chi connectivity index (χ1n) is 6.46. The predicted octanol–water partition coefficient (Wildman–Crippen LogP) is 0.974. The van der Waals surface area contributed by atoms with Crippen LogP contribution < -0.4 is 5.32 Å². The lowest BCUT2D eigenvalue weighted by Gasteiger charge is -2.26. The SMILES string of the molecule is CCC(CCO)NC1CCN2CCCC12. The van der Waals surface area contributed by atoms with E-state index in [1.54, 1.807) is 0 Å². The number of nitrogens with one attached hydrogen (secondary N) is 1. The van der Waals surface area contributed by atoms with Gasteiger partial charge < -0.3 is 10.4 Å². The topological polar surface area (TPSA) is 35.5 Å². The number of nitrogens with zero attached hydrogens (tertiary/aromatic N) is 1. The molecule has 2 aliphatic heterocycles. The van der Waals surface area contributed by atoms with Gasteiger partial charge >= 0.3 is 0 Å². The summed E-state index contributed by atoms with van der Waals surface area (Å²) in [5, 5.41) is 12.7. The van der Waals surface area contributed by atoms with Crippen molar-refractivity contribution in [2.75, 3.05) is 19.7 Å². The van der Waals surface area contributed by atoms with Gasteiger partial charge in [0.15, 0.2) is 0 Å². The van der Waals surface area contributed by atoms with Crippen LogP contribution >= 0.6 is 0 Å². The average Bonchev–Trinajstić information content (AvgIpc) is 2.81. The molecule has 0 bridgehead atoms. The number of hydrogen-bond donors (Lipinski definition) is 2. The van der Waals surface area contributed by atoms with Crippen LogP contribution in [-0.4, -0.2) is 47.8 Å². The molecule has 0 aliphatic carbocycles. The zero-order chi connectivity index (χ0) is 10.7. The number of fused-ring (bicyclic) bond motifs is 1. The second-order valence-corrected chi connectivity index (χ2v) is 4.92. The third kappa shape index (κ3) is 2.52. The molecule has 15 heavy (non-hydrogen) atoms. The van der Waals surface area contributed by atoms with Gasteiger partial charge in [0, 0.05) is 31.3 Å². The van der Waals surface area contributed by atoms with Crippen LogP contribution in [0.3, 0.4) is 0 Å². The van der Waals surface area contributed by atoms with Gasteiger partial charge in [-0.1, -0.05) is 6.92 Å². The first kappa shape index (κ1) is 11.4. The minimum absolute atomic E-state index is 0.312. The van der Waals surface area contributed by atoms with Crippen molar-refractivity contribution in [2.24, 2.45) is 0 Å². The van der Waals surface area contributed by atoms with E-state index in [1.807, 2.05) is 0 Å². The van der Waals surface area contributed by atoms with Crippen molar-refractivity contribution in [3.05, 3.63) is 0 Å². The number of aliphatic hydroxyl groups is 1. The van der Waals surface area contributed by atoms with Crippen molar-refractivity contribution in [1.29, 1.82) is 0 Å². The molecule has 0 aromatic heterocycles. The van der Waals surface area contributed by atoms with E-state index in [9.17, 15) is 0 Å². The fraction of sp³-hybridized carbons (Fsp3) is 1.00. The van der Waals surface area contributed by atoms with E-state index in [4.69, 9.17) is 5.11 Å². The van der Waals surface area contributed by atoms with Crippen molar-refractivity contribution in [1.82, 2.24) is 10.2 Å². The van der Waals surface area contributed by atoms with E-state index in [-0.39, 0.29) is 0 Å². The second kappa shape index (κ2) is 5.28. The summed E-state index contributed by atoms with van der Waals surface area (Å²) in [5.74, 6) is 0. The average molecular weight is 212 g/mol. The quantitative estimate of drug-likeness (QED) is 0.713. The normalized spacial score (nSPS) is 33.2. The molecule has 2 fully saturated rings. The monoisotopic (exact) mass is 212 g/mol. The maximum atomic E-state index is 8.98. The molecule has 0 aromatic carbocycles. The van der Waals surface area contributed by atoms with Crippen molar-refractivity contribution >= 4 is 0 Å². The van der Waals surface area contributed by atoms with Crippen LogP contribution in [0.5, 0.6) is 0 Å². The highest BCUT2D eigenvalue weighted by Crippen LogP contribution is 2.28. The van der Waals surface area contributed by atoms with Crippen LogP contribution in [0.15, 0.2) is 0 Å². The fourth-order valence-electron chi connectivity index (χ4n) is 3.14. The van der Waals surface area contributed by atoms with Crippen LogP contribution in [0, 0.1) is 0 Å². The van der Waals surface area contributed by atoms with Gasteiger partial charge in [-0.2, -0.15) is 0 Å². The maximum Gasteiger partial charge on any atom is 0.0445 e. The summed E-state index contributed by atoms with van der Waals surface area (Å²) in [4.78, 5) is 2.63. The Morgan fingerprint density at radius 3 is 3.00 bits per heavy atom. The lowest BCUT2D eigenvalue weighted by molar-refractivity contribution is 0.241. The van der Waals surface area contributed by atoms with Crippen LogP contribution in [-0.2, 0) is 0 Å². The van der Waals surface area contributed by atoms with Gasteiger partial charge in [-0.25, -0.2) is 0 Å². The lowest BCUT2D eigenvalue weighted by atomic mass is 10.0.